The van der Waals surface area contributed by atoms with Gasteiger partial charge in [0.05, 0.1) is 13.2 Å². The van der Waals surface area contributed by atoms with E-state index in [-0.39, 0.29) is 17.6 Å². The van der Waals surface area contributed by atoms with Crippen LogP contribution in [0.2, 0.25) is 0 Å². The molecule has 1 unspecified atom stereocenters. The van der Waals surface area contributed by atoms with Crippen LogP contribution in [0.5, 0.6) is 0 Å². The Morgan fingerprint density at radius 2 is 2.28 bits per heavy atom. The summed E-state index contributed by atoms with van der Waals surface area (Å²) in [5, 5.41) is 0. The smallest absolute Gasteiger partial charge is 0.222 e. The lowest BCUT2D eigenvalue weighted by Gasteiger charge is -2.23. The van der Waals surface area contributed by atoms with E-state index in [2.05, 4.69) is 9.97 Å². The molecule has 1 saturated heterocycles. The van der Waals surface area contributed by atoms with Crippen molar-refractivity contribution in [2.45, 2.75) is 19.3 Å². The average molecular weight is 343 g/mol. The van der Waals surface area contributed by atoms with Crippen LogP contribution < -0.4 is 0 Å². The second-order valence-corrected chi connectivity index (χ2v) is 6.32. The SMILES string of the molecule is O=C(CCc1cccc(F)c1)N1CCOCC(Cc2ccncn2)C1. The summed E-state index contributed by atoms with van der Waals surface area (Å²) in [5.74, 6) is 0.0380. The van der Waals surface area contributed by atoms with Crippen molar-refractivity contribution in [1.82, 2.24) is 14.9 Å². The van der Waals surface area contributed by atoms with Gasteiger partial charge in [-0.25, -0.2) is 14.4 Å². The molecule has 1 aromatic carbocycles. The number of carbonyl (C=O) groups excluding carboxylic acids is 1. The lowest BCUT2D eigenvalue weighted by molar-refractivity contribution is -0.131. The normalized spacial score (nSPS) is 18.0. The fourth-order valence-corrected chi connectivity index (χ4v) is 3.07. The quantitative estimate of drug-likeness (QED) is 0.836. The van der Waals surface area contributed by atoms with Crippen molar-refractivity contribution < 1.29 is 13.9 Å². The minimum Gasteiger partial charge on any atom is -0.379 e. The van der Waals surface area contributed by atoms with Crippen molar-refractivity contribution in [1.29, 1.82) is 0 Å². The predicted octanol–water partition coefficient (Wildman–Crippen LogP) is 2.27. The molecule has 25 heavy (non-hydrogen) atoms. The van der Waals surface area contributed by atoms with E-state index in [0.717, 1.165) is 17.7 Å². The molecule has 1 aliphatic heterocycles. The number of aryl methyl sites for hydroxylation is 1. The highest BCUT2D eigenvalue weighted by Gasteiger charge is 2.22. The van der Waals surface area contributed by atoms with Gasteiger partial charge >= 0.3 is 0 Å². The molecule has 1 fully saturated rings. The first-order valence-corrected chi connectivity index (χ1v) is 8.55. The van der Waals surface area contributed by atoms with Gasteiger partial charge in [0.25, 0.3) is 0 Å². The summed E-state index contributed by atoms with van der Waals surface area (Å²) in [6.45, 7) is 2.43. The van der Waals surface area contributed by atoms with Crippen molar-refractivity contribution in [3.05, 3.63) is 59.9 Å². The zero-order chi connectivity index (χ0) is 17.5. The molecule has 0 aliphatic carbocycles. The lowest BCUT2D eigenvalue weighted by Crippen LogP contribution is -2.36. The maximum Gasteiger partial charge on any atom is 0.222 e. The lowest BCUT2D eigenvalue weighted by atomic mass is 10.0. The number of hydrogen-bond acceptors (Lipinski definition) is 4. The van der Waals surface area contributed by atoms with Crippen molar-refractivity contribution in [3.8, 4) is 0 Å². The fourth-order valence-electron chi connectivity index (χ4n) is 3.07. The molecule has 1 atom stereocenters. The molecule has 1 aliphatic rings. The molecular weight excluding hydrogens is 321 g/mol. The van der Waals surface area contributed by atoms with E-state index in [4.69, 9.17) is 4.74 Å². The molecule has 132 valence electrons. The van der Waals surface area contributed by atoms with Gasteiger partial charge in [-0.15, -0.1) is 0 Å². The first kappa shape index (κ1) is 17.5. The number of aromatic nitrogens is 2. The Labute approximate surface area is 146 Å². The van der Waals surface area contributed by atoms with Crippen molar-refractivity contribution in [2.24, 2.45) is 5.92 Å². The van der Waals surface area contributed by atoms with Crippen LogP contribution in [0.1, 0.15) is 17.7 Å². The number of carbonyl (C=O) groups is 1. The van der Waals surface area contributed by atoms with Crippen molar-refractivity contribution in [2.75, 3.05) is 26.3 Å². The van der Waals surface area contributed by atoms with Gasteiger partial charge in [0.2, 0.25) is 5.91 Å². The molecule has 0 saturated carbocycles. The molecule has 0 bridgehead atoms. The minimum absolute atomic E-state index is 0.0856. The van der Waals surface area contributed by atoms with E-state index in [1.807, 2.05) is 17.0 Å². The summed E-state index contributed by atoms with van der Waals surface area (Å²) < 4.78 is 18.9. The van der Waals surface area contributed by atoms with Gasteiger partial charge in [0.1, 0.15) is 12.1 Å². The molecule has 6 heteroatoms. The summed E-state index contributed by atoms with van der Waals surface area (Å²) in [5.41, 5.74) is 1.80. The Morgan fingerprint density at radius 1 is 1.36 bits per heavy atom. The molecule has 0 radical (unpaired) electrons. The number of rotatable bonds is 5. The summed E-state index contributed by atoms with van der Waals surface area (Å²) in [4.78, 5) is 22.6. The van der Waals surface area contributed by atoms with Gasteiger partial charge < -0.3 is 9.64 Å². The highest BCUT2D eigenvalue weighted by molar-refractivity contribution is 5.76. The third-order valence-corrected chi connectivity index (χ3v) is 4.35. The monoisotopic (exact) mass is 343 g/mol. The molecule has 3 rings (SSSR count). The second-order valence-electron chi connectivity index (χ2n) is 6.32. The van der Waals surface area contributed by atoms with Crippen LogP contribution in [-0.2, 0) is 22.4 Å². The molecular formula is C19H22FN3O2. The average Bonchev–Trinajstić information content (AvgIpc) is 2.86. The van der Waals surface area contributed by atoms with E-state index in [1.54, 1.807) is 12.3 Å². The summed E-state index contributed by atoms with van der Waals surface area (Å²) in [6, 6.07) is 8.30. The van der Waals surface area contributed by atoms with Gasteiger partial charge in [0, 0.05) is 37.3 Å². The van der Waals surface area contributed by atoms with E-state index < -0.39 is 0 Å². The van der Waals surface area contributed by atoms with E-state index in [1.165, 1.54) is 18.5 Å². The number of amides is 1. The number of hydrogen-bond donors (Lipinski definition) is 0. The van der Waals surface area contributed by atoms with E-state index in [9.17, 15) is 9.18 Å². The van der Waals surface area contributed by atoms with Gasteiger partial charge in [0.15, 0.2) is 0 Å². The number of ether oxygens (including phenoxy) is 1. The summed E-state index contributed by atoms with van der Waals surface area (Å²) in [7, 11) is 0. The molecule has 2 aromatic rings. The first-order valence-electron chi connectivity index (χ1n) is 8.55. The van der Waals surface area contributed by atoms with E-state index >= 15 is 0 Å². The molecule has 1 aromatic heterocycles. The maximum atomic E-state index is 13.2. The van der Waals surface area contributed by atoms with Crippen LogP contribution in [-0.4, -0.2) is 47.1 Å². The molecule has 5 nitrogen and oxygen atoms in total. The van der Waals surface area contributed by atoms with Crippen molar-refractivity contribution in [3.63, 3.8) is 0 Å². The Hall–Kier alpha value is -2.34. The second kappa shape index (κ2) is 8.67. The summed E-state index contributed by atoms with van der Waals surface area (Å²) >= 11 is 0. The number of nitrogens with zero attached hydrogens (tertiary/aromatic N) is 3. The fraction of sp³-hybridized carbons (Fsp3) is 0.421. The van der Waals surface area contributed by atoms with E-state index in [0.29, 0.717) is 39.1 Å². The molecule has 1 amide bonds. The van der Waals surface area contributed by atoms with Crippen LogP contribution in [0.15, 0.2) is 42.9 Å². The Kier molecular flexibility index (Phi) is 6.06. The number of benzene rings is 1. The highest BCUT2D eigenvalue weighted by atomic mass is 19.1. The van der Waals surface area contributed by atoms with Crippen LogP contribution in [0.4, 0.5) is 4.39 Å². The first-order chi connectivity index (χ1) is 12.2. The van der Waals surface area contributed by atoms with Gasteiger partial charge in [-0.2, -0.15) is 0 Å². The summed E-state index contributed by atoms with van der Waals surface area (Å²) in [6.07, 6.45) is 4.95. The third-order valence-electron chi connectivity index (χ3n) is 4.35. The number of halogens is 1. The van der Waals surface area contributed by atoms with Crippen LogP contribution >= 0.6 is 0 Å². The Balaban J connectivity index is 1.55. The van der Waals surface area contributed by atoms with Gasteiger partial charge in [-0.05, 0) is 36.6 Å². The highest BCUT2D eigenvalue weighted by Crippen LogP contribution is 2.14. The molecule has 0 N–H and O–H groups in total. The zero-order valence-corrected chi connectivity index (χ0v) is 14.1. The van der Waals surface area contributed by atoms with Crippen LogP contribution in [0.3, 0.4) is 0 Å². The van der Waals surface area contributed by atoms with Crippen LogP contribution in [0.25, 0.3) is 0 Å². The maximum absolute atomic E-state index is 13.2. The largest absolute Gasteiger partial charge is 0.379 e. The molecule has 2 heterocycles. The molecule has 0 spiro atoms. The van der Waals surface area contributed by atoms with Gasteiger partial charge in [-0.3, -0.25) is 4.79 Å². The van der Waals surface area contributed by atoms with Gasteiger partial charge in [-0.1, -0.05) is 12.1 Å². The third kappa shape index (κ3) is 5.32. The van der Waals surface area contributed by atoms with Crippen molar-refractivity contribution >= 4 is 5.91 Å². The minimum atomic E-state index is -0.266. The predicted molar refractivity (Wildman–Crippen MR) is 91.3 cm³/mol. The topological polar surface area (TPSA) is 55.3 Å². The Morgan fingerprint density at radius 3 is 3.08 bits per heavy atom. The standard InChI is InChI=1S/C19H22FN3O2/c20-17-3-1-2-15(10-17)4-5-19(24)23-8-9-25-13-16(12-23)11-18-6-7-21-14-22-18/h1-3,6-7,10,14,16H,4-5,8-9,11-13H2. The Bertz CT molecular complexity index is 696. The van der Waals surface area contributed by atoms with Crippen LogP contribution in [0, 0.1) is 11.7 Å². The zero-order valence-electron chi connectivity index (χ0n) is 14.1.